The molecule has 0 radical (unpaired) electrons. The first-order valence-electron chi connectivity index (χ1n) is 5.20. The minimum absolute atomic E-state index is 0.360. The molecule has 112 valence electrons. The zero-order valence-electron chi connectivity index (χ0n) is 9.87. The van der Waals surface area contributed by atoms with E-state index < -0.39 is 44.1 Å². The Morgan fingerprint density at radius 2 is 1.76 bits per heavy atom. The van der Waals surface area contributed by atoms with Crippen LogP contribution >= 0.6 is 15.9 Å². The van der Waals surface area contributed by atoms with Crippen molar-refractivity contribution in [3.63, 3.8) is 0 Å². The van der Waals surface area contributed by atoms with E-state index in [1.807, 2.05) is 0 Å². The number of hydrogen-bond acceptors (Lipinski definition) is 3. The lowest BCUT2D eigenvalue weighted by Gasteiger charge is -2.11. The maximum Gasteiger partial charge on any atom is 0.266 e. The number of aromatic nitrogens is 1. The van der Waals surface area contributed by atoms with Gasteiger partial charge in [-0.1, -0.05) is 0 Å². The van der Waals surface area contributed by atoms with Crippen molar-refractivity contribution in [2.45, 2.75) is 4.90 Å². The van der Waals surface area contributed by atoms with E-state index in [0.717, 1.165) is 18.2 Å². The van der Waals surface area contributed by atoms with Crippen molar-refractivity contribution in [3.05, 3.63) is 52.3 Å². The lowest BCUT2D eigenvalue weighted by Crippen LogP contribution is -2.17. The van der Waals surface area contributed by atoms with Gasteiger partial charge >= 0.3 is 0 Å². The van der Waals surface area contributed by atoms with Crippen LogP contribution in [0.5, 0.6) is 0 Å². The smallest absolute Gasteiger partial charge is 0.266 e. The molecule has 21 heavy (non-hydrogen) atoms. The van der Waals surface area contributed by atoms with Crippen molar-refractivity contribution < 1.29 is 26.0 Å². The Hall–Kier alpha value is -1.68. The van der Waals surface area contributed by atoms with Gasteiger partial charge < -0.3 is 0 Å². The molecule has 1 N–H and O–H groups in total. The number of anilines is 1. The predicted octanol–water partition coefficient (Wildman–Crippen LogP) is 3.20. The third-order valence-corrected chi connectivity index (χ3v) is 4.62. The fourth-order valence-corrected chi connectivity index (χ4v) is 3.69. The van der Waals surface area contributed by atoms with Gasteiger partial charge in [-0.2, -0.15) is 13.8 Å². The molecule has 1 aromatic carbocycles. The molecule has 0 spiro atoms. The van der Waals surface area contributed by atoms with Gasteiger partial charge in [-0.15, -0.1) is 0 Å². The van der Waals surface area contributed by atoms with Crippen molar-refractivity contribution in [2.75, 3.05) is 4.72 Å². The highest BCUT2D eigenvalue weighted by atomic mass is 79.9. The molecule has 1 aromatic heterocycles. The van der Waals surface area contributed by atoms with E-state index in [-0.39, 0.29) is 4.47 Å². The topological polar surface area (TPSA) is 59.1 Å². The first kappa shape index (κ1) is 15.7. The lowest BCUT2D eigenvalue weighted by molar-refractivity contribution is 0.515. The molecular formula is C11H5BrF4N2O2S. The molecule has 0 bridgehead atoms. The van der Waals surface area contributed by atoms with E-state index in [0.29, 0.717) is 6.07 Å². The maximum absolute atomic E-state index is 13.6. The second kappa shape index (κ2) is 5.60. The van der Waals surface area contributed by atoms with Gasteiger partial charge in [-0.25, -0.2) is 17.2 Å². The number of nitrogens with one attached hydrogen (secondary N) is 1. The molecule has 0 saturated heterocycles. The van der Waals surface area contributed by atoms with Crippen LogP contribution in [0.1, 0.15) is 0 Å². The van der Waals surface area contributed by atoms with Gasteiger partial charge in [0, 0.05) is 10.5 Å². The molecule has 1 heterocycles. The molecule has 0 aliphatic carbocycles. The second-order valence-electron chi connectivity index (χ2n) is 3.78. The molecule has 0 saturated carbocycles. The van der Waals surface area contributed by atoms with E-state index in [2.05, 4.69) is 20.9 Å². The zero-order chi connectivity index (χ0) is 15.8. The average molecular weight is 385 g/mol. The SMILES string of the molecule is O=S(=O)(Nc1ccc(F)nc1F)c1c(F)cc(F)cc1Br. The molecule has 0 aliphatic heterocycles. The number of halogens is 5. The summed E-state index contributed by atoms with van der Waals surface area (Å²) in [5, 5.41) is 0. The Bertz CT molecular complexity index is 791. The highest BCUT2D eigenvalue weighted by Crippen LogP contribution is 2.28. The summed E-state index contributed by atoms with van der Waals surface area (Å²) >= 11 is 2.71. The number of hydrogen-bond donors (Lipinski definition) is 1. The molecule has 2 aromatic rings. The second-order valence-corrected chi connectivity index (χ2v) is 6.25. The van der Waals surface area contributed by atoms with Crippen LogP contribution in [0.15, 0.2) is 33.6 Å². The van der Waals surface area contributed by atoms with Gasteiger partial charge in [0.25, 0.3) is 10.0 Å². The van der Waals surface area contributed by atoms with E-state index in [1.54, 1.807) is 4.72 Å². The van der Waals surface area contributed by atoms with Crippen LogP contribution in [-0.2, 0) is 10.0 Å². The van der Waals surface area contributed by atoms with Crippen LogP contribution in [0.3, 0.4) is 0 Å². The molecule has 10 heteroatoms. The standard InChI is InChI=1S/C11H5BrF4N2O2S/c12-6-3-5(13)4-7(14)10(6)21(19,20)18-8-1-2-9(15)17-11(8)16/h1-4,18H. The Morgan fingerprint density at radius 1 is 1.10 bits per heavy atom. The van der Waals surface area contributed by atoms with Gasteiger partial charge in [0.15, 0.2) is 0 Å². The summed E-state index contributed by atoms with van der Waals surface area (Å²) < 4.78 is 77.8. The fourth-order valence-electron chi connectivity index (χ4n) is 1.47. The first-order valence-corrected chi connectivity index (χ1v) is 7.48. The Kier molecular flexibility index (Phi) is 4.19. The molecule has 0 aliphatic rings. The van der Waals surface area contributed by atoms with Gasteiger partial charge in [0.05, 0.1) is 0 Å². The Morgan fingerprint density at radius 3 is 2.33 bits per heavy atom. The van der Waals surface area contributed by atoms with Gasteiger partial charge in [0.1, 0.15) is 22.2 Å². The number of rotatable bonds is 3. The van der Waals surface area contributed by atoms with Crippen molar-refractivity contribution in [2.24, 2.45) is 0 Å². The monoisotopic (exact) mass is 384 g/mol. The van der Waals surface area contributed by atoms with Crippen molar-refractivity contribution >= 4 is 31.6 Å². The predicted molar refractivity (Wildman–Crippen MR) is 69.0 cm³/mol. The van der Waals surface area contributed by atoms with Crippen molar-refractivity contribution in [3.8, 4) is 0 Å². The fraction of sp³-hybridized carbons (Fsp3) is 0. The van der Waals surface area contributed by atoms with Crippen LogP contribution in [0.2, 0.25) is 0 Å². The van der Waals surface area contributed by atoms with Crippen molar-refractivity contribution in [1.29, 1.82) is 0 Å². The van der Waals surface area contributed by atoms with E-state index >= 15 is 0 Å². The summed E-state index contributed by atoms with van der Waals surface area (Å²) in [7, 11) is -4.57. The van der Waals surface area contributed by atoms with E-state index in [1.165, 1.54) is 0 Å². The highest BCUT2D eigenvalue weighted by Gasteiger charge is 2.25. The van der Waals surface area contributed by atoms with E-state index in [9.17, 15) is 26.0 Å². The zero-order valence-corrected chi connectivity index (χ0v) is 12.3. The molecule has 0 amide bonds. The normalized spacial score (nSPS) is 11.5. The maximum atomic E-state index is 13.6. The molecule has 0 unspecified atom stereocenters. The average Bonchev–Trinajstić information content (AvgIpc) is 2.30. The van der Waals surface area contributed by atoms with Crippen LogP contribution in [0.4, 0.5) is 23.2 Å². The highest BCUT2D eigenvalue weighted by molar-refractivity contribution is 9.10. The number of benzene rings is 1. The summed E-state index contributed by atoms with van der Waals surface area (Å²) in [6, 6.07) is 2.59. The Labute approximate surface area is 125 Å². The first-order chi connectivity index (χ1) is 9.70. The van der Waals surface area contributed by atoms with Crippen LogP contribution in [0.25, 0.3) is 0 Å². The summed E-state index contributed by atoms with van der Waals surface area (Å²) in [6.07, 6.45) is 0. The van der Waals surface area contributed by atoms with Crippen LogP contribution in [0, 0.1) is 23.5 Å². The summed E-state index contributed by atoms with van der Waals surface area (Å²) in [4.78, 5) is 1.88. The third kappa shape index (κ3) is 3.32. The lowest BCUT2D eigenvalue weighted by atomic mass is 10.3. The number of sulfonamides is 1. The molecule has 0 fully saturated rings. The Balaban J connectivity index is 2.48. The van der Waals surface area contributed by atoms with Crippen LogP contribution < -0.4 is 4.72 Å². The molecule has 2 rings (SSSR count). The minimum Gasteiger partial charge on any atom is -0.275 e. The number of pyridine rings is 1. The van der Waals surface area contributed by atoms with E-state index in [4.69, 9.17) is 0 Å². The molecule has 0 atom stereocenters. The number of nitrogens with zero attached hydrogens (tertiary/aromatic N) is 1. The third-order valence-electron chi connectivity index (χ3n) is 2.29. The largest absolute Gasteiger partial charge is 0.275 e. The van der Waals surface area contributed by atoms with Gasteiger partial charge in [-0.3, -0.25) is 4.72 Å². The summed E-state index contributed by atoms with van der Waals surface area (Å²) in [5.41, 5.74) is -0.674. The molecule has 4 nitrogen and oxygen atoms in total. The van der Waals surface area contributed by atoms with Crippen molar-refractivity contribution in [1.82, 2.24) is 4.98 Å². The quantitative estimate of drug-likeness (QED) is 0.652. The minimum atomic E-state index is -4.57. The van der Waals surface area contributed by atoms with Gasteiger partial charge in [-0.05, 0) is 34.1 Å². The van der Waals surface area contributed by atoms with Crippen LogP contribution in [-0.4, -0.2) is 13.4 Å². The summed E-state index contributed by atoms with van der Waals surface area (Å²) in [5.74, 6) is -4.93. The molecular weight excluding hydrogens is 380 g/mol. The summed E-state index contributed by atoms with van der Waals surface area (Å²) in [6.45, 7) is 0. The van der Waals surface area contributed by atoms with Gasteiger partial charge in [0.2, 0.25) is 11.9 Å².